The monoisotopic (exact) mass is 330 g/mol. The number of ether oxygens (including phenoxy) is 4. The third-order valence-corrected chi connectivity index (χ3v) is 3.70. The van der Waals surface area contributed by atoms with Crippen molar-refractivity contribution < 1.29 is 18.9 Å². The molecule has 2 aromatic rings. The summed E-state index contributed by atoms with van der Waals surface area (Å²) in [6, 6.07) is 16.6. The van der Waals surface area contributed by atoms with Crippen LogP contribution < -0.4 is 0 Å². The predicted octanol–water partition coefficient (Wildman–Crippen LogP) is 3.68. The molecule has 0 radical (unpaired) electrons. The van der Waals surface area contributed by atoms with E-state index in [1.807, 2.05) is 12.1 Å². The summed E-state index contributed by atoms with van der Waals surface area (Å²) in [6.07, 6.45) is 0. The van der Waals surface area contributed by atoms with Crippen molar-refractivity contribution in [1.82, 2.24) is 0 Å². The molecule has 24 heavy (non-hydrogen) atoms. The minimum Gasteiger partial charge on any atom is -0.382 e. The molecule has 0 N–H and O–H groups in total. The zero-order valence-corrected chi connectivity index (χ0v) is 14.5. The second-order valence-corrected chi connectivity index (χ2v) is 5.41. The third-order valence-electron chi connectivity index (χ3n) is 3.70. The standard InChI is InChI=1S/C20H26O4/c1-21-11-13-23-15-17-7-3-5-9-19(17)20-10-6-4-8-18(20)16-24-14-12-22-2/h3-10H,11-16H2,1-2H3. The highest BCUT2D eigenvalue weighted by atomic mass is 16.5. The summed E-state index contributed by atoms with van der Waals surface area (Å²) in [7, 11) is 3.36. The Morgan fingerprint density at radius 3 is 1.42 bits per heavy atom. The van der Waals surface area contributed by atoms with Gasteiger partial charge in [-0.2, -0.15) is 0 Å². The highest BCUT2D eigenvalue weighted by molar-refractivity contribution is 5.70. The number of hydrogen-bond acceptors (Lipinski definition) is 4. The summed E-state index contributed by atoms with van der Waals surface area (Å²) in [5, 5.41) is 0. The summed E-state index contributed by atoms with van der Waals surface area (Å²) < 4.78 is 21.5. The Morgan fingerprint density at radius 2 is 1.00 bits per heavy atom. The van der Waals surface area contributed by atoms with E-state index < -0.39 is 0 Å². The van der Waals surface area contributed by atoms with Gasteiger partial charge in [0.05, 0.1) is 39.6 Å². The fraction of sp³-hybridized carbons (Fsp3) is 0.400. The van der Waals surface area contributed by atoms with E-state index in [-0.39, 0.29) is 0 Å². The van der Waals surface area contributed by atoms with Crippen molar-refractivity contribution in [1.29, 1.82) is 0 Å². The first-order valence-corrected chi connectivity index (χ1v) is 8.16. The first-order valence-electron chi connectivity index (χ1n) is 8.16. The second-order valence-electron chi connectivity index (χ2n) is 5.41. The Balaban J connectivity index is 2.12. The molecule has 4 nitrogen and oxygen atoms in total. The zero-order valence-electron chi connectivity index (χ0n) is 14.5. The Bertz CT molecular complexity index is 544. The van der Waals surface area contributed by atoms with Gasteiger partial charge in [0, 0.05) is 14.2 Å². The molecular weight excluding hydrogens is 304 g/mol. The molecular formula is C20H26O4. The van der Waals surface area contributed by atoms with E-state index in [0.717, 1.165) is 11.1 Å². The maximum absolute atomic E-state index is 5.70. The van der Waals surface area contributed by atoms with E-state index >= 15 is 0 Å². The molecule has 0 aromatic heterocycles. The predicted molar refractivity (Wildman–Crippen MR) is 94.9 cm³/mol. The van der Waals surface area contributed by atoms with Gasteiger partial charge in [-0.15, -0.1) is 0 Å². The summed E-state index contributed by atoms with van der Waals surface area (Å²) in [5.74, 6) is 0. The first kappa shape index (κ1) is 18.6. The number of hydrogen-bond donors (Lipinski definition) is 0. The van der Waals surface area contributed by atoms with Gasteiger partial charge in [-0.1, -0.05) is 48.5 Å². The number of rotatable bonds is 11. The van der Waals surface area contributed by atoms with Gasteiger partial charge in [0.25, 0.3) is 0 Å². The smallest absolute Gasteiger partial charge is 0.0724 e. The maximum atomic E-state index is 5.70. The van der Waals surface area contributed by atoms with Gasteiger partial charge < -0.3 is 18.9 Å². The van der Waals surface area contributed by atoms with E-state index in [0.29, 0.717) is 39.6 Å². The molecule has 0 saturated carbocycles. The lowest BCUT2D eigenvalue weighted by Crippen LogP contribution is -2.04. The molecule has 0 amide bonds. The van der Waals surface area contributed by atoms with E-state index in [1.165, 1.54) is 11.1 Å². The van der Waals surface area contributed by atoms with Crippen molar-refractivity contribution in [2.24, 2.45) is 0 Å². The molecule has 2 rings (SSSR count). The number of benzene rings is 2. The van der Waals surface area contributed by atoms with Crippen molar-refractivity contribution in [3.8, 4) is 11.1 Å². The first-order chi connectivity index (χ1) is 11.9. The van der Waals surface area contributed by atoms with E-state index in [2.05, 4.69) is 36.4 Å². The molecule has 0 spiro atoms. The van der Waals surface area contributed by atoms with Gasteiger partial charge in [0.2, 0.25) is 0 Å². The maximum Gasteiger partial charge on any atom is 0.0724 e. The summed E-state index contributed by atoms with van der Waals surface area (Å²) in [5.41, 5.74) is 4.69. The van der Waals surface area contributed by atoms with Gasteiger partial charge in [-0.05, 0) is 22.3 Å². The van der Waals surface area contributed by atoms with E-state index in [4.69, 9.17) is 18.9 Å². The SMILES string of the molecule is COCCOCc1ccccc1-c1ccccc1COCCOC. The van der Waals surface area contributed by atoms with Gasteiger partial charge in [0.1, 0.15) is 0 Å². The van der Waals surface area contributed by atoms with Crippen molar-refractivity contribution in [2.75, 3.05) is 40.6 Å². The lowest BCUT2D eigenvalue weighted by Gasteiger charge is -2.14. The lowest BCUT2D eigenvalue weighted by molar-refractivity contribution is 0.0612. The van der Waals surface area contributed by atoms with Gasteiger partial charge >= 0.3 is 0 Å². The summed E-state index contributed by atoms with van der Waals surface area (Å²) >= 11 is 0. The lowest BCUT2D eigenvalue weighted by atomic mass is 9.96. The summed E-state index contributed by atoms with van der Waals surface area (Å²) in [6.45, 7) is 3.52. The average molecular weight is 330 g/mol. The molecule has 0 aliphatic carbocycles. The van der Waals surface area contributed by atoms with Crippen LogP contribution in [0.4, 0.5) is 0 Å². The number of methoxy groups -OCH3 is 2. The molecule has 2 aromatic carbocycles. The van der Waals surface area contributed by atoms with Gasteiger partial charge in [0.15, 0.2) is 0 Å². The molecule has 4 heteroatoms. The van der Waals surface area contributed by atoms with Crippen LogP contribution in [-0.2, 0) is 32.2 Å². The molecule has 0 atom stereocenters. The zero-order chi connectivity index (χ0) is 17.0. The largest absolute Gasteiger partial charge is 0.382 e. The van der Waals surface area contributed by atoms with Crippen LogP contribution in [0.25, 0.3) is 11.1 Å². The molecule has 0 unspecified atom stereocenters. The highest BCUT2D eigenvalue weighted by Gasteiger charge is 2.09. The Labute approximate surface area is 144 Å². The van der Waals surface area contributed by atoms with Crippen LogP contribution in [0.15, 0.2) is 48.5 Å². The molecule has 0 aliphatic rings. The van der Waals surface area contributed by atoms with E-state index in [9.17, 15) is 0 Å². The quantitative estimate of drug-likeness (QED) is 0.589. The summed E-state index contributed by atoms with van der Waals surface area (Å²) in [4.78, 5) is 0. The third kappa shape index (κ3) is 5.73. The Kier molecular flexibility index (Phi) is 8.49. The minimum atomic E-state index is 0.568. The van der Waals surface area contributed by atoms with Crippen LogP contribution in [0.5, 0.6) is 0 Å². The van der Waals surface area contributed by atoms with Gasteiger partial charge in [-0.3, -0.25) is 0 Å². The second kappa shape index (κ2) is 10.9. The van der Waals surface area contributed by atoms with Crippen molar-refractivity contribution in [2.45, 2.75) is 13.2 Å². The fourth-order valence-electron chi connectivity index (χ4n) is 2.47. The van der Waals surface area contributed by atoms with Crippen LogP contribution in [0.2, 0.25) is 0 Å². The molecule has 0 fully saturated rings. The molecule has 0 aliphatic heterocycles. The molecule has 0 bridgehead atoms. The van der Waals surface area contributed by atoms with Crippen LogP contribution in [-0.4, -0.2) is 40.6 Å². The van der Waals surface area contributed by atoms with Crippen molar-refractivity contribution >= 4 is 0 Å². The van der Waals surface area contributed by atoms with Crippen LogP contribution in [0.3, 0.4) is 0 Å². The highest BCUT2D eigenvalue weighted by Crippen LogP contribution is 2.28. The Morgan fingerprint density at radius 1 is 0.583 bits per heavy atom. The average Bonchev–Trinajstić information content (AvgIpc) is 2.63. The molecule has 130 valence electrons. The van der Waals surface area contributed by atoms with Crippen molar-refractivity contribution in [3.63, 3.8) is 0 Å². The topological polar surface area (TPSA) is 36.9 Å². The molecule has 0 heterocycles. The van der Waals surface area contributed by atoms with Crippen LogP contribution in [0.1, 0.15) is 11.1 Å². The van der Waals surface area contributed by atoms with Crippen LogP contribution in [0, 0.1) is 0 Å². The van der Waals surface area contributed by atoms with Crippen LogP contribution >= 0.6 is 0 Å². The molecule has 0 saturated heterocycles. The normalized spacial score (nSPS) is 10.9. The minimum absolute atomic E-state index is 0.568. The Hall–Kier alpha value is -1.72. The van der Waals surface area contributed by atoms with Gasteiger partial charge in [-0.25, -0.2) is 0 Å². The van der Waals surface area contributed by atoms with E-state index in [1.54, 1.807) is 14.2 Å². The van der Waals surface area contributed by atoms with Crippen molar-refractivity contribution in [3.05, 3.63) is 59.7 Å². The fourth-order valence-corrected chi connectivity index (χ4v) is 2.47.